The highest BCUT2D eigenvalue weighted by molar-refractivity contribution is 5.38. The lowest BCUT2D eigenvalue weighted by atomic mass is 10.3. The molecule has 24 heavy (non-hydrogen) atoms. The van der Waals surface area contributed by atoms with Gasteiger partial charge in [0.05, 0.1) is 5.69 Å². The van der Waals surface area contributed by atoms with E-state index in [-0.39, 0.29) is 6.61 Å². The van der Waals surface area contributed by atoms with Crippen molar-refractivity contribution < 1.29 is 4.74 Å². The SMILES string of the molecule is c1cc(OCc2nnnn2Cc2nn[nH]n2)cc(-n2cncn2)c1. The van der Waals surface area contributed by atoms with Crippen molar-refractivity contribution in [1.82, 2.24) is 55.6 Å². The predicted octanol–water partition coefficient (Wildman–Crippen LogP) is -0.606. The number of hydrogen-bond donors (Lipinski definition) is 1. The largest absolute Gasteiger partial charge is 0.485 e. The maximum Gasteiger partial charge on any atom is 0.196 e. The van der Waals surface area contributed by atoms with Crippen molar-refractivity contribution in [3.05, 3.63) is 48.6 Å². The molecule has 1 N–H and O–H groups in total. The van der Waals surface area contributed by atoms with Crippen LogP contribution >= 0.6 is 0 Å². The van der Waals surface area contributed by atoms with Gasteiger partial charge in [-0.3, -0.25) is 0 Å². The normalized spacial score (nSPS) is 10.8. The molecule has 0 aliphatic rings. The van der Waals surface area contributed by atoms with Crippen LogP contribution in [0.4, 0.5) is 0 Å². The van der Waals surface area contributed by atoms with E-state index in [0.29, 0.717) is 23.9 Å². The minimum absolute atomic E-state index is 0.200. The molecule has 0 saturated heterocycles. The van der Waals surface area contributed by atoms with Crippen LogP contribution in [0.2, 0.25) is 0 Å². The monoisotopic (exact) mass is 325 g/mol. The van der Waals surface area contributed by atoms with Gasteiger partial charge in [-0.15, -0.1) is 15.3 Å². The molecule has 0 amide bonds. The second-order valence-corrected chi connectivity index (χ2v) is 4.71. The highest BCUT2D eigenvalue weighted by Gasteiger charge is 2.10. The van der Waals surface area contributed by atoms with Crippen LogP contribution in [0.5, 0.6) is 5.75 Å². The van der Waals surface area contributed by atoms with Gasteiger partial charge in [-0.1, -0.05) is 11.3 Å². The molecule has 4 rings (SSSR count). The van der Waals surface area contributed by atoms with Crippen molar-refractivity contribution in [2.45, 2.75) is 13.2 Å². The summed E-state index contributed by atoms with van der Waals surface area (Å²) in [6, 6.07) is 7.46. The van der Waals surface area contributed by atoms with Gasteiger partial charge in [-0.25, -0.2) is 14.3 Å². The highest BCUT2D eigenvalue weighted by Crippen LogP contribution is 2.16. The van der Waals surface area contributed by atoms with Gasteiger partial charge in [0.15, 0.2) is 11.6 Å². The fourth-order valence-electron chi connectivity index (χ4n) is 2.04. The predicted molar refractivity (Wildman–Crippen MR) is 76.8 cm³/mol. The van der Waals surface area contributed by atoms with Gasteiger partial charge < -0.3 is 4.74 Å². The van der Waals surface area contributed by atoms with E-state index in [1.807, 2.05) is 24.3 Å². The fourth-order valence-corrected chi connectivity index (χ4v) is 2.04. The van der Waals surface area contributed by atoms with Crippen molar-refractivity contribution in [2.24, 2.45) is 0 Å². The van der Waals surface area contributed by atoms with Crippen LogP contribution in [0, 0.1) is 0 Å². The minimum atomic E-state index is 0.200. The lowest BCUT2D eigenvalue weighted by molar-refractivity contribution is 0.287. The third kappa shape index (κ3) is 2.92. The van der Waals surface area contributed by atoms with Gasteiger partial charge in [-0.2, -0.15) is 10.3 Å². The molecule has 0 bridgehead atoms. The maximum absolute atomic E-state index is 5.76. The van der Waals surface area contributed by atoms with Crippen LogP contribution in [-0.2, 0) is 13.2 Å². The smallest absolute Gasteiger partial charge is 0.196 e. The van der Waals surface area contributed by atoms with E-state index in [4.69, 9.17) is 4.74 Å². The molecule has 0 unspecified atom stereocenters. The van der Waals surface area contributed by atoms with Gasteiger partial charge in [-0.05, 0) is 22.6 Å². The van der Waals surface area contributed by atoms with Crippen LogP contribution < -0.4 is 4.74 Å². The van der Waals surface area contributed by atoms with Gasteiger partial charge in [0, 0.05) is 6.07 Å². The number of nitrogens with one attached hydrogen (secondary N) is 1. The number of aromatic nitrogens is 11. The topological polar surface area (TPSA) is 138 Å². The van der Waals surface area contributed by atoms with E-state index in [9.17, 15) is 0 Å². The van der Waals surface area contributed by atoms with E-state index in [2.05, 4.69) is 46.2 Å². The average molecular weight is 325 g/mol. The molecule has 0 aliphatic carbocycles. The Morgan fingerprint density at radius 1 is 1.21 bits per heavy atom. The molecule has 0 fully saturated rings. The second kappa shape index (κ2) is 6.20. The molecule has 0 aliphatic heterocycles. The summed E-state index contributed by atoms with van der Waals surface area (Å²) in [5.74, 6) is 1.69. The summed E-state index contributed by atoms with van der Waals surface area (Å²) in [7, 11) is 0. The summed E-state index contributed by atoms with van der Waals surface area (Å²) in [6.45, 7) is 0.507. The molecule has 0 saturated carbocycles. The average Bonchev–Trinajstić information content (AvgIpc) is 3.37. The van der Waals surface area contributed by atoms with Crippen molar-refractivity contribution in [2.75, 3.05) is 0 Å². The van der Waals surface area contributed by atoms with Crippen LogP contribution in [0.3, 0.4) is 0 Å². The zero-order chi connectivity index (χ0) is 16.2. The van der Waals surface area contributed by atoms with Gasteiger partial charge in [0.1, 0.15) is 31.6 Å². The molecule has 0 radical (unpaired) electrons. The Morgan fingerprint density at radius 3 is 3.04 bits per heavy atom. The Hall–Kier alpha value is -3.70. The molecule has 0 spiro atoms. The highest BCUT2D eigenvalue weighted by atomic mass is 16.5. The quantitative estimate of drug-likeness (QED) is 0.492. The van der Waals surface area contributed by atoms with Gasteiger partial charge >= 0.3 is 0 Å². The number of H-pyrrole nitrogens is 1. The zero-order valence-corrected chi connectivity index (χ0v) is 12.3. The number of ether oxygens (including phenoxy) is 1. The summed E-state index contributed by atoms with van der Waals surface area (Å²) in [6.07, 6.45) is 3.09. The molecule has 120 valence electrons. The summed E-state index contributed by atoms with van der Waals surface area (Å²) in [5, 5.41) is 29.2. The van der Waals surface area contributed by atoms with Crippen LogP contribution in [0.1, 0.15) is 11.6 Å². The summed E-state index contributed by atoms with van der Waals surface area (Å²) in [4.78, 5) is 3.92. The summed E-state index contributed by atoms with van der Waals surface area (Å²) in [5.41, 5.74) is 0.844. The molecule has 3 heterocycles. The Morgan fingerprint density at radius 2 is 2.21 bits per heavy atom. The third-order valence-corrected chi connectivity index (χ3v) is 3.16. The minimum Gasteiger partial charge on any atom is -0.485 e. The molecule has 1 aromatic carbocycles. The van der Waals surface area contributed by atoms with E-state index in [1.54, 1.807) is 15.7 Å². The van der Waals surface area contributed by atoms with Crippen LogP contribution in [0.25, 0.3) is 5.69 Å². The van der Waals surface area contributed by atoms with Gasteiger partial charge in [0.25, 0.3) is 0 Å². The summed E-state index contributed by atoms with van der Waals surface area (Å²) >= 11 is 0. The molecule has 4 aromatic rings. The van der Waals surface area contributed by atoms with E-state index < -0.39 is 0 Å². The number of nitrogens with zero attached hydrogens (tertiary/aromatic N) is 10. The molecule has 0 atom stereocenters. The van der Waals surface area contributed by atoms with Crippen molar-refractivity contribution in [3.63, 3.8) is 0 Å². The first-order chi connectivity index (χ1) is 11.9. The number of benzene rings is 1. The molecular weight excluding hydrogens is 314 g/mol. The third-order valence-electron chi connectivity index (χ3n) is 3.16. The molecule has 3 aromatic heterocycles. The Kier molecular flexibility index (Phi) is 3.60. The van der Waals surface area contributed by atoms with E-state index in [1.165, 1.54) is 6.33 Å². The standard InChI is InChI=1S/C12H11N11O/c1-2-9(23-8-13-7-14-23)4-10(3-1)24-6-12-17-20-21-22(12)5-11-15-18-19-16-11/h1-4,7-8H,5-6H2,(H,15,16,18,19). The van der Waals surface area contributed by atoms with Crippen molar-refractivity contribution >= 4 is 0 Å². The zero-order valence-electron chi connectivity index (χ0n) is 12.3. The van der Waals surface area contributed by atoms with Gasteiger partial charge in [0.2, 0.25) is 0 Å². The first kappa shape index (κ1) is 13.9. The number of hydrogen-bond acceptors (Lipinski definition) is 9. The van der Waals surface area contributed by atoms with Crippen molar-refractivity contribution in [3.8, 4) is 11.4 Å². The Bertz CT molecular complexity index is 899. The van der Waals surface area contributed by atoms with E-state index >= 15 is 0 Å². The maximum atomic E-state index is 5.76. The Balaban J connectivity index is 1.46. The first-order valence-corrected chi connectivity index (χ1v) is 6.94. The lowest BCUT2D eigenvalue weighted by Crippen LogP contribution is -2.11. The second-order valence-electron chi connectivity index (χ2n) is 4.71. The first-order valence-electron chi connectivity index (χ1n) is 6.94. The fraction of sp³-hybridized carbons (Fsp3) is 0.167. The summed E-state index contributed by atoms with van der Waals surface area (Å²) < 4.78 is 8.95. The van der Waals surface area contributed by atoms with E-state index in [0.717, 1.165) is 5.69 Å². The van der Waals surface area contributed by atoms with Crippen molar-refractivity contribution in [1.29, 1.82) is 0 Å². The number of rotatable bonds is 6. The molecule has 12 heteroatoms. The molecule has 12 nitrogen and oxygen atoms in total. The lowest BCUT2D eigenvalue weighted by Gasteiger charge is -2.07. The number of aromatic amines is 1. The van der Waals surface area contributed by atoms with Crippen LogP contribution in [-0.4, -0.2) is 55.6 Å². The van der Waals surface area contributed by atoms with Crippen LogP contribution in [0.15, 0.2) is 36.9 Å². The Labute approximate surface area is 134 Å². The number of tetrazole rings is 2. The molecular formula is C12H11N11O.